The molecule has 412 valence electrons. The Kier molecular flexibility index (Phi) is 14.2. The Labute approximate surface area is 461 Å². The second-order valence-corrected chi connectivity index (χ2v) is 21.4. The maximum Gasteiger partial charge on any atom is 0.274 e. The first-order valence-corrected chi connectivity index (χ1v) is 27.4. The Bertz CT molecular complexity index is 3370. The lowest BCUT2D eigenvalue weighted by molar-refractivity contribution is -0.131. The van der Waals surface area contributed by atoms with Gasteiger partial charge in [-0.2, -0.15) is 0 Å². The number of carbonyl (C=O) groups excluding carboxylic acids is 6. The fourth-order valence-electron chi connectivity index (χ4n) is 11.6. The molecular weight excluding hydrogens is 1020 g/mol. The van der Waals surface area contributed by atoms with Crippen molar-refractivity contribution in [2.75, 3.05) is 111 Å². The number of nitrogens with one attached hydrogen (secondary N) is 3. The molecule has 21 heteroatoms. The maximum atomic E-state index is 13.7. The summed E-state index contributed by atoms with van der Waals surface area (Å²) in [6.07, 6.45) is 5.74. The molecule has 5 fully saturated rings. The lowest BCUT2D eigenvalue weighted by Crippen LogP contribution is -2.52. The standard InChI is InChI=1S/C59H61FN12O8/c1-79-51-34-45-47(61-22-16-50(45)80-42-11-8-40(9-12-42)64-58(78)59(19-20-59)57(77)63-39-6-4-38(60)5-7-39)35-49(51)69-29-31-71(32-30-69)56(76)46-14-15-52(66-65-46)70-23-17-37(18-24-70)36-67-25-27-68(28-26-67)41-10-13-43-44(33-41)55(75)72(54(43)74)48-3-2-21-62-53(48)73/h4-16,22,33-35,37,48H,2-3,17-21,23-32,36H2,1H3,(H,62,73)(H,63,77)(H,64,78). The van der Waals surface area contributed by atoms with E-state index in [1.54, 1.807) is 60.7 Å². The number of piperazine rings is 2. The number of amides is 6. The predicted molar refractivity (Wildman–Crippen MR) is 297 cm³/mol. The highest BCUT2D eigenvalue weighted by Crippen LogP contribution is 2.48. The van der Waals surface area contributed by atoms with Crippen LogP contribution in [0.15, 0.2) is 103 Å². The van der Waals surface area contributed by atoms with Crippen molar-refractivity contribution in [3.63, 3.8) is 0 Å². The number of halogens is 1. The van der Waals surface area contributed by atoms with Gasteiger partial charge in [-0.05, 0) is 142 Å². The molecule has 1 unspecified atom stereocenters. The van der Waals surface area contributed by atoms with E-state index in [0.717, 1.165) is 92.6 Å². The quantitative estimate of drug-likeness (QED) is 0.0819. The molecule has 4 saturated heterocycles. The van der Waals surface area contributed by atoms with E-state index < -0.39 is 35.0 Å². The van der Waals surface area contributed by atoms with Gasteiger partial charge >= 0.3 is 0 Å². The van der Waals surface area contributed by atoms with Crippen LogP contribution in [0.1, 0.15) is 69.7 Å². The lowest BCUT2D eigenvalue weighted by Gasteiger charge is -2.39. The first-order chi connectivity index (χ1) is 38.9. The van der Waals surface area contributed by atoms with Crippen LogP contribution in [-0.2, 0) is 14.4 Å². The Morgan fingerprint density at radius 3 is 2.05 bits per heavy atom. The van der Waals surface area contributed by atoms with E-state index in [1.165, 1.54) is 24.3 Å². The zero-order chi connectivity index (χ0) is 55.1. The van der Waals surface area contributed by atoms with Gasteiger partial charge in [0.15, 0.2) is 11.5 Å². The van der Waals surface area contributed by atoms with Crippen LogP contribution in [-0.4, -0.2) is 157 Å². The molecule has 3 N–H and O–H groups in total. The van der Waals surface area contributed by atoms with Crippen LogP contribution in [0.4, 0.5) is 33.0 Å². The highest BCUT2D eigenvalue weighted by molar-refractivity contribution is 6.23. The number of anilines is 5. The fraction of sp³-hybridized carbons (Fsp3) is 0.373. The zero-order valence-corrected chi connectivity index (χ0v) is 44.4. The van der Waals surface area contributed by atoms with Crippen LogP contribution in [0.5, 0.6) is 17.2 Å². The van der Waals surface area contributed by atoms with Gasteiger partial charge in [-0.1, -0.05) is 0 Å². The number of hydrogen-bond acceptors (Lipinski definition) is 15. The molecule has 0 spiro atoms. The Morgan fingerprint density at radius 1 is 0.700 bits per heavy atom. The normalized spacial score (nSPS) is 19.4. The molecule has 2 aromatic heterocycles. The third-order valence-corrected chi connectivity index (χ3v) is 16.5. The lowest BCUT2D eigenvalue weighted by atomic mass is 9.96. The first kappa shape index (κ1) is 52.0. The number of piperidine rings is 2. The number of imide groups is 1. The third kappa shape index (κ3) is 10.4. The van der Waals surface area contributed by atoms with Crippen LogP contribution < -0.4 is 40.1 Å². The van der Waals surface area contributed by atoms with Gasteiger partial charge in [0.05, 0.1) is 29.4 Å². The predicted octanol–water partition coefficient (Wildman–Crippen LogP) is 6.20. The Hall–Kier alpha value is -8.72. The number of fused-ring (bicyclic) bond motifs is 2. The summed E-state index contributed by atoms with van der Waals surface area (Å²) in [7, 11) is 1.62. The minimum absolute atomic E-state index is 0.166. The van der Waals surface area contributed by atoms with Gasteiger partial charge in [-0.3, -0.25) is 43.6 Å². The topological polar surface area (TPSA) is 215 Å². The minimum Gasteiger partial charge on any atom is -0.495 e. The SMILES string of the molecule is COc1cc2c(Oc3ccc(NC(=O)C4(C(=O)Nc5ccc(F)cc5)CC4)cc3)ccnc2cc1N1CCN(C(=O)c2ccc(N3CCC(CN4CCN(c5ccc6c(c5)C(=O)N(C5CCCNC5=O)C6=O)CC4)CC3)nn2)CC1. The second-order valence-electron chi connectivity index (χ2n) is 21.4. The molecule has 7 heterocycles. The van der Waals surface area contributed by atoms with Crippen molar-refractivity contribution < 1.29 is 42.6 Å². The van der Waals surface area contributed by atoms with Crippen LogP contribution in [0, 0.1) is 17.2 Å². The van der Waals surface area contributed by atoms with Crippen molar-refractivity contribution in [1.29, 1.82) is 0 Å². The molecule has 12 rings (SSSR count). The summed E-state index contributed by atoms with van der Waals surface area (Å²) < 4.78 is 25.6. The van der Waals surface area contributed by atoms with Crippen molar-refractivity contribution in [2.24, 2.45) is 11.3 Å². The van der Waals surface area contributed by atoms with E-state index in [9.17, 15) is 33.2 Å². The number of rotatable bonds is 14. The van der Waals surface area contributed by atoms with Gasteiger partial charge in [0.25, 0.3) is 17.7 Å². The molecule has 5 aliphatic heterocycles. The zero-order valence-electron chi connectivity index (χ0n) is 44.4. The van der Waals surface area contributed by atoms with E-state index in [1.807, 2.05) is 30.3 Å². The molecule has 1 atom stereocenters. The average molecular weight is 1090 g/mol. The van der Waals surface area contributed by atoms with Crippen LogP contribution in [0.3, 0.4) is 0 Å². The number of carbonyl (C=O) groups is 6. The van der Waals surface area contributed by atoms with E-state index in [-0.39, 0.29) is 17.7 Å². The van der Waals surface area contributed by atoms with Crippen molar-refractivity contribution in [2.45, 2.75) is 44.6 Å². The second kappa shape index (κ2) is 21.8. The van der Waals surface area contributed by atoms with Gasteiger partial charge in [0.1, 0.15) is 34.5 Å². The van der Waals surface area contributed by atoms with Crippen LogP contribution in [0.25, 0.3) is 10.9 Å². The van der Waals surface area contributed by atoms with E-state index in [4.69, 9.17) is 9.47 Å². The molecule has 1 saturated carbocycles. The summed E-state index contributed by atoms with van der Waals surface area (Å²) in [5.74, 6) is 0.524. The van der Waals surface area contributed by atoms with Gasteiger partial charge < -0.3 is 45.0 Å². The summed E-state index contributed by atoms with van der Waals surface area (Å²) in [6, 6.07) is 26.3. The third-order valence-electron chi connectivity index (χ3n) is 16.5. The number of pyridine rings is 1. The van der Waals surface area contributed by atoms with E-state index in [0.29, 0.717) is 109 Å². The van der Waals surface area contributed by atoms with Crippen molar-refractivity contribution in [1.82, 2.24) is 35.2 Å². The summed E-state index contributed by atoms with van der Waals surface area (Å²) in [5.41, 5.74) is 3.23. The number of ether oxygens (including phenoxy) is 2. The molecule has 0 radical (unpaired) electrons. The number of aromatic nitrogens is 3. The summed E-state index contributed by atoms with van der Waals surface area (Å²) >= 11 is 0. The monoisotopic (exact) mass is 1080 g/mol. The summed E-state index contributed by atoms with van der Waals surface area (Å²) in [6.45, 7) is 8.73. The molecule has 80 heavy (non-hydrogen) atoms. The van der Waals surface area contributed by atoms with Crippen LogP contribution >= 0.6 is 0 Å². The maximum absolute atomic E-state index is 13.7. The van der Waals surface area contributed by atoms with Gasteiger partial charge in [-0.15, -0.1) is 10.2 Å². The van der Waals surface area contributed by atoms with Gasteiger partial charge in [0, 0.05) is 107 Å². The molecule has 20 nitrogen and oxygen atoms in total. The molecular formula is C59H61FN12O8. The smallest absolute Gasteiger partial charge is 0.274 e. The summed E-state index contributed by atoms with van der Waals surface area (Å²) in [4.78, 5) is 96.0. The van der Waals surface area contributed by atoms with Crippen molar-refractivity contribution in [3.8, 4) is 17.2 Å². The molecule has 1 aliphatic carbocycles. The van der Waals surface area contributed by atoms with Crippen molar-refractivity contribution in [3.05, 3.63) is 126 Å². The highest BCUT2D eigenvalue weighted by Gasteiger charge is 2.56. The van der Waals surface area contributed by atoms with Gasteiger partial charge in [0.2, 0.25) is 17.7 Å². The first-order valence-electron chi connectivity index (χ1n) is 27.4. The number of hydrogen-bond donors (Lipinski definition) is 3. The Balaban J connectivity index is 0.592. The van der Waals surface area contributed by atoms with Gasteiger partial charge in [-0.25, -0.2) is 4.39 Å². The highest BCUT2D eigenvalue weighted by atomic mass is 19.1. The average Bonchev–Trinajstić information content (AvgIpc) is 4.29. The number of nitrogens with zero attached hydrogens (tertiary/aromatic N) is 9. The summed E-state index contributed by atoms with van der Waals surface area (Å²) in [5, 5.41) is 18.0. The van der Waals surface area contributed by atoms with Crippen LogP contribution in [0.2, 0.25) is 0 Å². The fourth-order valence-corrected chi connectivity index (χ4v) is 11.6. The van der Waals surface area contributed by atoms with Crippen molar-refractivity contribution >= 4 is 74.9 Å². The van der Waals surface area contributed by atoms with E-state index >= 15 is 0 Å². The Morgan fingerprint density at radius 2 is 1.39 bits per heavy atom. The largest absolute Gasteiger partial charge is 0.495 e. The molecule has 0 bridgehead atoms. The molecule has 4 aromatic carbocycles. The number of methoxy groups -OCH3 is 1. The molecule has 6 aliphatic rings. The molecule has 6 aromatic rings. The minimum atomic E-state index is -1.19. The van der Waals surface area contributed by atoms with E-state index in [2.05, 4.69) is 50.7 Å². The number of benzene rings is 4. The molecule has 6 amide bonds.